The van der Waals surface area contributed by atoms with Gasteiger partial charge in [0, 0.05) is 45.3 Å². The van der Waals surface area contributed by atoms with Crippen molar-refractivity contribution < 1.29 is 27.1 Å². The van der Waals surface area contributed by atoms with E-state index in [1.807, 2.05) is 16.7 Å². The van der Waals surface area contributed by atoms with Crippen LogP contribution in [0.2, 0.25) is 0 Å². The number of halogens is 1. The van der Waals surface area contributed by atoms with Crippen LogP contribution in [0.1, 0.15) is 19.8 Å². The van der Waals surface area contributed by atoms with Gasteiger partial charge in [0.15, 0.2) is 4.80 Å². The predicted octanol–water partition coefficient (Wildman–Crippen LogP) is 2.97. The van der Waals surface area contributed by atoms with E-state index in [1.165, 1.54) is 34.7 Å². The summed E-state index contributed by atoms with van der Waals surface area (Å²) in [5.74, 6) is -1.38. The number of sulfonamides is 1. The van der Waals surface area contributed by atoms with Crippen molar-refractivity contribution >= 4 is 49.1 Å². The van der Waals surface area contributed by atoms with Crippen LogP contribution in [0.3, 0.4) is 0 Å². The smallest absolute Gasteiger partial charge is 0.251 e. The van der Waals surface area contributed by atoms with E-state index in [9.17, 15) is 22.4 Å². The number of fused-ring (bicyclic) bond motifs is 1. The molecule has 2 aromatic carbocycles. The first-order valence-electron chi connectivity index (χ1n) is 11.4. The minimum atomic E-state index is -3.76. The number of nitrogens with zero attached hydrogens (tertiary/aromatic N) is 3. The first-order chi connectivity index (χ1) is 17.2. The summed E-state index contributed by atoms with van der Waals surface area (Å²) < 4.78 is 48.2. The monoisotopic (exact) mass is 534 g/mol. The maximum atomic E-state index is 13.2. The Morgan fingerprint density at radius 3 is 2.50 bits per heavy atom. The minimum Gasteiger partial charge on any atom is -0.383 e. The molecule has 0 unspecified atom stereocenters. The maximum Gasteiger partial charge on any atom is 0.251 e. The third-order valence-electron chi connectivity index (χ3n) is 5.98. The lowest BCUT2D eigenvalue weighted by atomic mass is 9.98. The SMILES string of the molecule is COCCn1c(=NC(=O)C2CCN(S(=O)(=O)c3ccc(F)cc3)CC2)sc2cc(NC(C)=O)ccc21. The van der Waals surface area contributed by atoms with E-state index in [4.69, 9.17) is 4.74 Å². The lowest BCUT2D eigenvalue weighted by Crippen LogP contribution is -2.40. The van der Waals surface area contributed by atoms with Gasteiger partial charge in [-0.1, -0.05) is 11.3 Å². The average molecular weight is 535 g/mol. The van der Waals surface area contributed by atoms with E-state index in [0.29, 0.717) is 36.5 Å². The molecule has 1 aromatic heterocycles. The van der Waals surface area contributed by atoms with Gasteiger partial charge in [0.2, 0.25) is 15.9 Å². The molecular weight excluding hydrogens is 507 g/mol. The zero-order valence-corrected chi connectivity index (χ0v) is 21.6. The Labute approximate surface area is 212 Å². The zero-order chi connectivity index (χ0) is 25.9. The summed E-state index contributed by atoms with van der Waals surface area (Å²) in [7, 11) is -2.16. The predicted molar refractivity (Wildman–Crippen MR) is 134 cm³/mol. The van der Waals surface area contributed by atoms with Gasteiger partial charge in [0.1, 0.15) is 5.82 Å². The third-order valence-corrected chi connectivity index (χ3v) is 8.94. The molecule has 192 valence electrons. The quantitative estimate of drug-likeness (QED) is 0.501. The first kappa shape index (κ1) is 26.1. The second-order valence-corrected chi connectivity index (χ2v) is 11.4. The highest BCUT2D eigenvalue weighted by atomic mass is 32.2. The maximum absolute atomic E-state index is 13.2. The van der Waals surface area contributed by atoms with Crippen molar-refractivity contribution in [2.75, 3.05) is 32.1 Å². The molecule has 1 saturated heterocycles. The third kappa shape index (κ3) is 5.72. The van der Waals surface area contributed by atoms with Crippen molar-refractivity contribution in [3.63, 3.8) is 0 Å². The van der Waals surface area contributed by atoms with E-state index < -0.39 is 21.8 Å². The fraction of sp³-hybridized carbons (Fsp3) is 0.375. The van der Waals surface area contributed by atoms with Crippen LogP contribution in [0.5, 0.6) is 0 Å². The summed E-state index contributed by atoms with van der Waals surface area (Å²) in [5, 5.41) is 2.76. The first-order valence-corrected chi connectivity index (χ1v) is 13.7. The van der Waals surface area contributed by atoms with Crippen LogP contribution in [0.15, 0.2) is 52.4 Å². The van der Waals surface area contributed by atoms with Gasteiger partial charge in [-0.3, -0.25) is 9.59 Å². The van der Waals surface area contributed by atoms with Gasteiger partial charge in [-0.15, -0.1) is 0 Å². The molecule has 0 atom stereocenters. The Morgan fingerprint density at radius 2 is 1.86 bits per heavy atom. The summed E-state index contributed by atoms with van der Waals surface area (Å²) in [6, 6.07) is 10.2. The van der Waals surface area contributed by atoms with E-state index in [0.717, 1.165) is 22.3 Å². The lowest BCUT2D eigenvalue weighted by molar-refractivity contribution is -0.123. The van der Waals surface area contributed by atoms with Crippen molar-refractivity contribution in [1.82, 2.24) is 8.87 Å². The molecule has 12 heteroatoms. The highest BCUT2D eigenvalue weighted by Gasteiger charge is 2.32. The van der Waals surface area contributed by atoms with Gasteiger partial charge in [-0.2, -0.15) is 9.30 Å². The highest BCUT2D eigenvalue weighted by molar-refractivity contribution is 7.89. The number of aromatic nitrogens is 1. The molecule has 0 saturated carbocycles. The molecule has 0 radical (unpaired) electrons. The standard InChI is InChI=1S/C24H27FN4O5S2/c1-16(30)26-19-5-8-21-22(15-19)35-24(29(21)13-14-34-2)27-23(31)17-9-11-28(12-10-17)36(32,33)20-6-3-18(25)4-7-20/h3-8,15,17H,9-14H2,1-2H3,(H,26,30). The number of amides is 2. The van der Waals surface area contributed by atoms with Crippen LogP contribution in [0.4, 0.5) is 10.1 Å². The van der Waals surface area contributed by atoms with Crippen LogP contribution in [0, 0.1) is 11.7 Å². The molecule has 4 rings (SSSR count). The van der Waals surface area contributed by atoms with E-state index in [-0.39, 0.29) is 29.8 Å². The summed E-state index contributed by atoms with van der Waals surface area (Å²) in [5.41, 5.74) is 1.53. The normalized spacial score (nSPS) is 15.9. The number of anilines is 1. The largest absolute Gasteiger partial charge is 0.383 e. The molecular formula is C24H27FN4O5S2. The number of hydrogen-bond acceptors (Lipinski definition) is 6. The molecule has 0 aliphatic carbocycles. The summed E-state index contributed by atoms with van der Waals surface area (Å²) in [6.07, 6.45) is 0.691. The number of carbonyl (C=O) groups excluding carboxylic acids is 2. The highest BCUT2D eigenvalue weighted by Crippen LogP contribution is 2.26. The molecule has 36 heavy (non-hydrogen) atoms. The fourth-order valence-electron chi connectivity index (χ4n) is 4.12. The van der Waals surface area contributed by atoms with Gasteiger partial charge in [0.05, 0.1) is 21.7 Å². The Balaban J connectivity index is 1.54. The second-order valence-electron chi connectivity index (χ2n) is 8.48. The van der Waals surface area contributed by atoms with Crippen LogP contribution in [0.25, 0.3) is 10.2 Å². The van der Waals surface area contributed by atoms with Crippen molar-refractivity contribution in [2.45, 2.75) is 31.2 Å². The zero-order valence-electron chi connectivity index (χ0n) is 19.9. The molecule has 2 amide bonds. The topological polar surface area (TPSA) is 110 Å². The van der Waals surface area contributed by atoms with Crippen LogP contribution in [-0.4, -0.2) is 55.9 Å². The van der Waals surface area contributed by atoms with Crippen molar-refractivity contribution in [1.29, 1.82) is 0 Å². The number of nitrogens with one attached hydrogen (secondary N) is 1. The molecule has 2 heterocycles. The van der Waals surface area contributed by atoms with Crippen LogP contribution >= 0.6 is 11.3 Å². The van der Waals surface area contributed by atoms with Crippen LogP contribution < -0.4 is 10.1 Å². The molecule has 1 N–H and O–H groups in total. The summed E-state index contributed by atoms with van der Waals surface area (Å²) in [6.45, 7) is 2.73. The minimum absolute atomic E-state index is 0.0291. The number of thiazole rings is 1. The molecule has 0 bridgehead atoms. The lowest BCUT2D eigenvalue weighted by Gasteiger charge is -2.29. The van der Waals surface area contributed by atoms with Gasteiger partial charge in [-0.25, -0.2) is 12.8 Å². The Bertz CT molecular complexity index is 1440. The molecule has 1 fully saturated rings. The number of ether oxygens (including phenoxy) is 1. The van der Waals surface area contributed by atoms with Gasteiger partial charge in [-0.05, 0) is 55.3 Å². The number of carbonyl (C=O) groups is 2. The van der Waals surface area contributed by atoms with E-state index in [2.05, 4.69) is 10.3 Å². The van der Waals surface area contributed by atoms with E-state index >= 15 is 0 Å². The molecule has 0 spiro atoms. The number of benzene rings is 2. The summed E-state index contributed by atoms with van der Waals surface area (Å²) in [4.78, 5) is 29.4. The van der Waals surface area contributed by atoms with Crippen molar-refractivity contribution in [3.05, 3.63) is 53.1 Å². The molecule has 1 aliphatic rings. The van der Waals surface area contributed by atoms with Gasteiger partial charge >= 0.3 is 0 Å². The number of piperidine rings is 1. The van der Waals surface area contributed by atoms with Crippen molar-refractivity contribution in [3.8, 4) is 0 Å². The Hall–Kier alpha value is -2.93. The number of hydrogen-bond donors (Lipinski definition) is 1. The average Bonchev–Trinajstić information content (AvgIpc) is 3.18. The number of rotatable bonds is 7. The van der Waals surface area contributed by atoms with Crippen molar-refractivity contribution in [2.24, 2.45) is 10.9 Å². The van der Waals surface area contributed by atoms with Gasteiger partial charge in [0.25, 0.3) is 5.91 Å². The molecule has 9 nitrogen and oxygen atoms in total. The number of methoxy groups -OCH3 is 1. The molecule has 3 aromatic rings. The Morgan fingerprint density at radius 1 is 1.17 bits per heavy atom. The van der Waals surface area contributed by atoms with Gasteiger partial charge < -0.3 is 14.6 Å². The van der Waals surface area contributed by atoms with E-state index in [1.54, 1.807) is 13.2 Å². The Kier molecular flexibility index (Phi) is 7.98. The second kappa shape index (κ2) is 11.0. The van der Waals surface area contributed by atoms with Crippen LogP contribution in [-0.2, 0) is 30.9 Å². The molecule has 1 aliphatic heterocycles. The fourth-order valence-corrected chi connectivity index (χ4v) is 6.69. The summed E-state index contributed by atoms with van der Waals surface area (Å²) >= 11 is 1.34.